The van der Waals surface area contributed by atoms with Crippen molar-refractivity contribution in [1.82, 2.24) is 15.3 Å². The standard InChI is InChI=1S/C16H11ClN4O/c17-10-7-9-3-1-5-18-13(9)12(8-10)15-20-14-11(16(22)21-15)4-2-6-19-14/h1-8,15H,(H,19,20)(H,21,22)/t15-/m0/s1. The Kier molecular flexibility index (Phi) is 2.94. The lowest BCUT2D eigenvalue weighted by molar-refractivity contribution is 0.0935. The fraction of sp³-hybridized carbons (Fsp3) is 0.0625. The van der Waals surface area contributed by atoms with Gasteiger partial charge in [-0.25, -0.2) is 4.98 Å². The van der Waals surface area contributed by atoms with Crippen LogP contribution in [0.2, 0.25) is 5.02 Å². The van der Waals surface area contributed by atoms with E-state index in [1.807, 2.05) is 24.3 Å². The summed E-state index contributed by atoms with van der Waals surface area (Å²) >= 11 is 6.20. The Morgan fingerprint density at radius 1 is 1.05 bits per heavy atom. The van der Waals surface area contributed by atoms with Crippen LogP contribution in [0.5, 0.6) is 0 Å². The van der Waals surface area contributed by atoms with Gasteiger partial charge in [0.2, 0.25) is 0 Å². The number of halogens is 1. The molecule has 0 saturated heterocycles. The molecule has 2 N–H and O–H groups in total. The van der Waals surface area contributed by atoms with Crippen molar-refractivity contribution in [2.45, 2.75) is 6.17 Å². The number of hydrogen-bond acceptors (Lipinski definition) is 4. The number of carbonyl (C=O) groups is 1. The number of fused-ring (bicyclic) bond motifs is 2. The second-order valence-corrected chi connectivity index (χ2v) is 5.46. The van der Waals surface area contributed by atoms with Crippen LogP contribution < -0.4 is 10.6 Å². The highest BCUT2D eigenvalue weighted by molar-refractivity contribution is 6.31. The molecule has 0 bridgehead atoms. The van der Waals surface area contributed by atoms with Gasteiger partial charge in [-0.15, -0.1) is 0 Å². The zero-order valence-electron chi connectivity index (χ0n) is 11.4. The molecule has 6 heteroatoms. The van der Waals surface area contributed by atoms with Crippen molar-refractivity contribution in [2.24, 2.45) is 0 Å². The summed E-state index contributed by atoms with van der Waals surface area (Å²) in [7, 11) is 0. The molecule has 108 valence electrons. The number of rotatable bonds is 1. The van der Waals surface area contributed by atoms with E-state index >= 15 is 0 Å². The molecule has 2 aromatic heterocycles. The molecular weight excluding hydrogens is 300 g/mol. The molecule has 0 unspecified atom stereocenters. The molecule has 1 aromatic carbocycles. The maximum atomic E-state index is 12.2. The Labute approximate surface area is 131 Å². The number of pyridine rings is 2. The third-order valence-corrected chi connectivity index (χ3v) is 3.84. The summed E-state index contributed by atoms with van der Waals surface area (Å²) in [5.74, 6) is 0.385. The van der Waals surface area contributed by atoms with E-state index in [0.717, 1.165) is 16.5 Å². The molecule has 0 aliphatic carbocycles. The lowest BCUT2D eigenvalue weighted by Gasteiger charge is -2.27. The highest BCUT2D eigenvalue weighted by Crippen LogP contribution is 2.30. The molecule has 3 heterocycles. The predicted molar refractivity (Wildman–Crippen MR) is 84.8 cm³/mol. The lowest BCUT2D eigenvalue weighted by Crippen LogP contribution is -2.39. The molecule has 3 aromatic rings. The topological polar surface area (TPSA) is 66.9 Å². The molecule has 22 heavy (non-hydrogen) atoms. The van der Waals surface area contributed by atoms with Gasteiger partial charge in [0.15, 0.2) is 0 Å². The van der Waals surface area contributed by atoms with E-state index in [1.165, 1.54) is 0 Å². The van der Waals surface area contributed by atoms with Crippen molar-refractivity contribution in [3.8, 4) is 0 Å². The summed E-state index contributed by atoms with van der Waals surface area (Å²) in [6.07, 6.45) is 2.94. The number of nitrogens with one attached hydrogen (secondary N) is 2. The van der Waals surface area contributed by atoms with Crippen molar-refractivity contribution < 1.29 is 4.79 Å². The fourth-order valence-electron chi connectivity index (χ4n) is 2.64. The largest absolute Gasteiger partial charge is 0.346 e. The Morgan fingerprint density at radius 2 is 1.86 bits per heavy atom. The summed E-state index contributed by atoms with van der Waals surface area (Å²) in [4.78, 5) is 20.9. The average Bonchev–Trinajstić information content (AvgIpc) is 2.54. The Hall–Kier alpha value is -2.66. The number of benzene rings is 1. The second kappa shape index (κ2) is 4.96. The van der Waals surface area contributed by atoms with Crippen LogP contribution in [0.15, 0.2) is 48.8 Å². The quantitative estimate of drug-likeness (QED) is 0.724. The molecule has 0 saturated carbocycles. The van der Waals surface area contributed by atoms with E-state index in [1.54, 1.807) is 24.5 Å². The minimum absolute atomic E-state index is 0.170. The van der Waals surface area contributed by atoms with Crippen LogP contribution in [-0.2, 0) is 0 Å². The van der Waals surface area contributed by atoms with Gasteiger partial charge < -0.3 is 10.6 Å². The number of nitrogens with zero attached hydrogens (tertiary/aromatic N) is 2. The highest BCUT2D eigenvalue weighted by atomic mass is 35.5. The molecule has 0 radical (unpaired) electrons. The third kappa shape index (κ3) is 2.07. The lowest BCUT2D eigenvalue weighted by atomic mass is 10.0. The Bertz CT molecular complexity index is 896. The normalized spacial score (nSPS) is 16.8. The second-order valence-electron chi connectivity index (χ2n) is 5.02. The van der Waals surface area contributed by atoms with Crippen molar-refractivity contribution in [3.05, 3.63) is 64.9 Å². The zero-order valence-corrected chi connectivity index (χ0v) is 12.1. The Balaban J connectivity index is 1.85. The number of carbonyl (C=O) groups excluding carboxylic acids is 1. The van der Waals surface area contributed by atoms with E-state index in [0.29, 0.717) is 16.4 Å². The molecule has 1 aliphatic rings. The van der Waals surface area contributed by atoms with Gasteiger partial charge in [-0.05, 0) is 30.3 Å². The highest BCUT2D eigenvalue weighted by Gasteiger charge is 2.26. The first-order valence-corrected chi connectivity index (χ1v) is 7.17. The molecule has 1 amide bonds. The first-order chi connectivity index (χ1) is 10.7. The van der Waals surface area contributed by atoms with Crippen LogP contribution in [0.25, 0.3) is 10.9 Å². The maximum absolute atomic E-state index is 12.2. The number of aromatic nitrogens is 2. The number of anilines is 1. The van der Waals surface area contributed by atoms with Crippen LogP contribution in [-0.4, -0.2) is 15.9 Å². The summed E-state index contributed by atoms with van der Waals surface area (Å²) in [5, 5.41) is 7.66. The summed E-state index contributed by atoms with van der Waals surface area (Å²) in [5.41, 5.74) is 2.13. The molecule has 1 atom stereocenters. The predicted octanol–water partition coefficient (Wildman–Crippen LogP) is 3.14. The van der Waals surface area contributed by atoms with Crippen LogP contribution in [0.1, 0.15) is 22.1 Å². The fourth-order valence-corrected chi connectivity index (χ4v) is 2.88. The first-order valence-electron chi connectivity index (χ1n) is 6.79. The van der Waals surface area contributed by atoms with E-state index in [2.05, 4.69) is 20.6 Å². The third-order valence-electron chi connectivity index (χ3n) is 3.62. The van der Waals surface area contributed by atoms with E-state index in [9.17, 15) is 4.79 Å². The van der Waals surface area contributed by atoms with Gasteiger partial charge in [-0.2, -0.15) is 0 Å². The Morgan fingerprint density at radius 3 is 2.77 bits per heavy atom. The van der Waals surface area contributed by atoms with Gasteiger partial charge in [0.1, 0.15) is 12.0 Å². The molecule has 0 spiro atoms. The molecule has 1 aliphatic heterocycles. The SMILES string of the molecule is O=C1N[C@@H](c2cc(Cl)cc3cccnc23)Nc2ncccc21. The summed E-state index contributed by atoms with van der Waals surface area (Å²) in [6.45, 7) is 0. The van der Waals surface area contributed by atoms with E-state index in [-0.39, 0.29) is 5.91 Å². The van der Waals surface area contributed by atoms with Crippen molar-refractivity contribution in [1.29, 1.82) is 0 Å². The van der Waals surface area contributed by atoms with Gasteiger partial charge in [0.25, 0.3) is 5.91 Å². The van der Waals surface area contributed by atoms with Crippen molar-refractivity contribution >= 4 is 34.2 Å². The van der Waals surface area contributed by atoms with E-state index < -0.39 is 6.17 Å². The zero-order chi connectivity index (χ0) is 15.1. The van der Waals surface area contributed by atoms with E-state index in [4.69, 9.17) is 11.6 Å². The van der Waals surface area contributed by atoms with Gasteiger partial charge in [-0.3, -0.25) is 9.78 Å². The van der Waals surface area contributed by atoms with Gasteiger partial charge in [0.05, 0.1) is 11.1 Å². The summed E-state index contributed by atoms with van der Waals surface area (Å²) < 4.78 is 0. The number of amides is 1. The van der Waals surface area contributed by atoms with Crippen LogP contribution in [0, 0.1) is 0 Å². The minimum Gasteiger partial charge on any atom is -0.346 e. The van der Waals surface area contributed by atoms with Gasteiger partial charge >= 0.3 is 0 Å². The monoisotopic (exact) mass is 310 g/mol. The van der Waals surface area contributed by atoms with Gasteiger partial charge in [0, 0.05) is 28.4 Å². The first kappa shape index (κ1) is 13.0. The summed E-state index contributed by atoms with van der Waals surface area (Å²) in [6, 6.07) is 10.9. The molecule has 0 fully saturated rings. The van der Waals surface area contributed by atoms with Crippen LogP contribution >= 0.6 is 11.6 Å². The van der Waals surface area contributed by atoms with Crippen LogP contribution in [0.4, 0.5) is 5.82 Å². The van der Waals surface area contributed by atoms with Crippen molar-refractivity contribution in [2.75, 3.05) is 5.32 Å². The number of hydrogen-bond donors (Lipinski definition) is 2. The molecule has 4 rings (SSSR count). The molecular formula is C16H11ClN4O. The smallest absolute Gasteiger partial charge is 0.256 e. The maximum Gasteiger partial charge on any atom is 0.256 e. The van der Waals surface area contributed by atoms with Crippen molar-refractivity contribution in [3.63, 3.8) is 0 Å². The average molecular weight is 311 g/mol. The van der Waals surface area contributed by atoms with Gasteiger partial charge in [-0.1, -0.05) is 17.7 Å². The molecule has 5 nitrogen and oxygen atoms in total. The minimum atomic E-state index is -0.425. The van der Waals surface area contributed by atoms with Crippen LogP contribution in [0.3, 0.4) is 0 Å².